The fourth-order valence-electron chi connectivity index (χ4n) is 1.92. The van der Waals surface area contributed by atoms with Crippen LogP contribution in [0, 0.1) is 0 Å². The molecule has 130 valence electrons. The number of thioether (sulfide) groups is 2. The minimum Gasteiger partial charge on any atom is -0.497 e. The zero-order chi connectivity index (χ0) is 16.3. The van der Waals surface area contributed by atoms with Gasteiger partial charge in [0.15, 0.2) is 5.17 Å². The van der Waals surface area contributed by atoms with Crippen LogP contribution in [-0.2, 0) is 5.75 Å². The number of ether oxygens (including phenoxy) is 1. The molecule has 0 saturated heterocycles. The number of nitrogens with one attached hydrogen (secondary N) is 1. The highest BCUT2D eigenvalue weighted by Crippen LogP contribution is 2.16. The van der Waals surface area contributed by atoms with Gasteiger partial charge in [0.25, 0.3) is 0 Å². The number of anilines is 1. The summed E-state index contributed by atoms with van der Waals surface area (Å²) < 4.78 is 5.17. The summed E-state index contributed by atoms with van der Waals surface area (Å²) in [5.41, 5.74) is 2.39. The number of benzene rings is 2. The number of halogens is 1. The molecule has 2 rings (SSSR count). The van der Waals surface area contributed by atoms with Gasteiger partial charge in [-0.1, -0.05) is 42.1 Å². The summed E-state index contributed by atoms with van der Waals surface area (Å²) in [7, 11) is 1.69. The van der Waals surface area contributed by atoms with Gasteiger partial charge in [0.2, 0.25) is 0 Å². The maximum atomic E-state index is 5.17. The molecule has 2 aromatic carbocycles. The molecule has 3 nitrogen and oxygen atoms in total. The van der Waals surface area contributed by atoms with Gasteiger partial charge in [0.1, 0.15) is 5.75 Å². The van der Waals surface area contributed by atoms with E-state index in [1.54, 1.807) is 18.9 Å². The van der Waals surface area contributed by atoms with Crippen molar-refractivity contribution in [3.8, 4) is 5.75 Å². The van der Waals surface area contributed by atoms with E-state index in [2.05, 4.69) is 22.4 Å². The monoisotopic (exact) mass is 474 g/mol. The Morgan fingerprint density at radius 1 is 1.08 bits per heavy atom. The average Bonchev–Trinajstić information content (AvgIpc) is 2.62. The van der Waals surface area contributed by atoms with Gasteiger partial charge in [0.05, 0.1) is 13.7 Å². The predicted molar refractivity (Wildman–Crippen MR) is 120 cm³/mol. The largest absolute Gasteiger partial charge is 0.497 e. The van der Waals surface area contributed by atoms with E-state index in [0.29, 0.717) is 0 Å². The van der Waals surface area contributed by atoms with Crippen LogP contribution in [0.4, 0.5) is 5.69 Å². The maximum Gasteiger partial charge on any atom is 0.160 e. The summed E-state index contributed by atoms with van der Waals surface area (Å²) in [6.07, 6.45) is 2.04. The number of aliphatic imine (C=N–C) groups is 1. The fourth-order valence-corrected chi connectivity index (χ4v) is 3.16. The maximum absolute atomic E-state index is 5.17. The minimum atomic E-state index is 0. The van der Waals surface area contributed by atoms with Crippen LogP contribution in [-0.4, -0.2) is 30.8 Å². The van der Waals surface area contributed by atoms with Crippen LogP contribution in [0.2, 0.25) is 0 Å². The number of amidine groups is 1. The van der Waals surface area contributed by atoms with Gasteiger partial charge >= 0.3 is 0 Å². The topological polar surface area (TPSA) is 33.6 Å². The van der Waals surface area contributed by atoms with Crippen LogP contribution >= 0.6 is 47.5 Å². The molecule has 6 heteroatoms. The van der Waals surface area contributed by atoms with Crippen molar-refractivity contribution in [1.29, 1.82) is 0 Å². The SMILES string of the molecule is COc1ccc(CSCCN=C(Nc2ccccc2)SC)cc1.I. The van der Waals surface area contributed by atoms with Gasteiger partial charge in [-0.05, 0) is 36.1 Å². The van der Waals surface area contributed by atoms with Crippen molar-refractivity contribution < 1.29 is 4.74 Å². The lowest BCUT2D eigenvalue weighted by Gasteiger charge is -2.07. The van der Waals surface area contributed by atoms with Crippen molar-refractivity contribution in [3.63, 3.8) is 0 Å². The highest BCUT2D eigenvalue weighted by Gasteiger charge is 1.98. The number of hydrogen-bond donors (Lipinski definition) is 1. The van der Waals surface area contributed by atoms with Crippen molar-refractivity contribution in [2.24, 2.45) is 4.99 Å². The Hall–Kier alpha value is -0.860. The van der Waals surface area contributed by atoms with Gasteiger partial charge in [0, 0.05) is 17.2 Å². The van der Waals surface area contributed by atoms with Gasteiger partial charge in [-0.25, -0.2) is 0 Å². The second-order valence-electron chi connectivity index (χ2n) is 4.78. The summed E-state index contributed by atoms with van der Waals surface area (Å²) in [5, 5.41) is 4.30. The number of rotatable bonds is 7. The molecule has 0 aliphatic carbocycles. The second kappa shape index (κ2) is 12.5. The quantitative estimate of drug-likeness (QED) is 0.253. The Labute approximate surface area is 170 Å². The summed E-state index contributed by atoms with van der Waals surface area (Å²) in [6.45, 7) is 0.816. The Morgan fingerprint density at radius 2 is 1.79 bits per heavy atom. The lowest BCUT2D eigenvalue weighted by Crippen LogP contribution is -2.08. The van der Waals surface area contributed by atoms with Crippen LogP contribution < -0.4 is 10.1 Å². The Kier molecular flexibility index (Phi) is 11.0. The van der Waals surface area contributed by atoms with Crippen molar-refractivity contribution >= 4 is 58.4 Å². The Bertz CT molecular complexity index is 606. The van der Waals surface area contributed by atoms with E-state index >= 15 is 0 Å². The molecular formula is C18H23IN2OS2. The number of hydrogen-bond acceptors (Lipinski definition) is 4. The zero-order valence-corrected chi connectivity index (χ0v) is 17.9. The van der Waals surface area contributed by atoms with E-state index in [1.807, 2.05) is 60.5 Å². The number of para-hydroxylation sites is 1. The van der Waals surface area contributed by atoms with Crippen LogP contribution in [0.15, 0.2) is 59.6 Å². The van der Waals surface area contributed by atoms with Crippen LogP contribution in [0.5, 0.6) is 5.75 Å². The number of methoxy groups -OCH3 is 1. The summed E-state index contributed by atoms with van der Waals surface area (Å²) >= 11 is 3.53. The van der Waals surface area contributed by atoms with Crippen molar-refractivity contribution in [1.82, 2.24) is 0 Å². The molecule has 1 N–H and O–H groups in total. The highest BCUT2D eigenvalue weighted by molar-refractivity contribution is 14.0. The standard InChI is InChI=1S/C18H22N2OS2.HI/c1-21-17-10-8-15(9-11-17)14-23-13-12-19-18(22-2)20-16-6-4-3-5-7-16;/h3-11H,12-14H2,1-2H3,(H,19,20);1H. The molecule has 0 unspecified atom stereocenters. The first-order valence-electron chi connectivity index (χ1n) is 7.43. The van der Waals surface area contributed by atoms with Gasteiger partial charge in [-0.2, -0.15) is 11.8 Å². The van der Waals surface area contributed by atoms with E-state index in [-0.39, 0.29) is 24.0 Å². The average molecular weight is 474 g/mol. The molecule has 0 aliphatic rings. The first kappa shape index (κ1) is 21.2. The van der Waals surface area contributed by atoms with E-state index in [1.165, 1.54) is 5.56 Å². The lowest BCUT2D eigenvalue weighted by atomic mass is 10.2. The van der Waals surface area contributed by atoms with Gasteiger partial charge in [-0.3, -0.25) is 4.99 Å². The molecule has 0 fully saturated rings. The van der Waals surface area contributed by atoms with Crippen LogP contribution in [0.3, 0.4) is 0 Å². The minimum absolute atomic E-state index is 0. The Morgan fingerprint density at radius 3 is 2.42 bits per heavy atom. The molecule has 24 heavy (non-hydrogen) atoms. The third-order valence-electron chi connectivity index (χ3n) is 3.14. The molecule has 2 aromatic rings. The third-order valence-corrected chi connectivity index (χ3v) is 4.76. The van der Waals surface area contributed by atoms with E-state index in [9.17, 15) is 0 Å². The molecule has 0 spiro atoms. The molecule has 0 heterocycles. The smallest absolute Gasteiger partial charge is 0.160 e. The summed E-state index contributed by atoms with van der Waals surface area (Å²) in [5.74, 6) is 2.91. The van der Waals surface area contributed by atoms with Crippen LogP contribution in [0.1, 0.15) is 5.56 Å². The Balaban J connectivity index is 0.00000288. The molecule has 0 saturated carbocycles. The molecule has 0 amide bonds. The van der Waals surface area contributed by atoms with Crippen molar-refractivity contribution in [3.05, 3.63) is 60.2 Å². The predicted octanol–water partition coefficient (Wildman–Crippen LogP) is 5.38. The fraction of sp³-hybridized carbons (Fsp3) is 0.278. The molecule has 0 bridgehead atoms. The lowest BCUT2D eigenvalue weighted by molar-refractivity contribution is 0.414. The molecule has 0 aromatic heterocycles. The van der Waals surface area contributed by atoms with Gasteiger partial charge < -0.3 is 10.1 Å². The van der Waals surface area contributed by atoms with Crippen molar-refractivity contribution in [2.75, 3.05) is 31.0 Å². The normalized spacial score (nSPS) is 10.8. The zero-order valence-electron chi connectivity index (χ0n) is 13.9. The summed E-state index contributed by atoms with van der Waals surface area (Å²) in [4.78, 5) is 4.62. The summed E-state index contributed by atoms with van der Waals surface area (Å²) in [6, 6.07) is 18.4. The first-order valence-corrected chi connectivity index (χ1v) is 9.81. The second-order valence-corrected chi connectivity index (χ2v) is 6.68. The van der Waals surface area contributed by atoms with E-state index in [4.69, 9.17) is 4.74 Å². The third kappa shape index (κ3) is 7.81. The molecular weight excluding hydrogens is 451 g/mol. The van der Waals surface area contributed by atoms with E-state index in [0.717, 1.165) is 34.7 Å². The molecule has 0 aliphatic heterocycles. The molecule has 0 radical (unpaired) electrons. The van der Waals surface area contributed by atoms with Crippen LogP contribution in [0.25, 0.3) is 0 Å². The highest BCUT2D eigenvalue weighted by atomic mass is 127. The van der Waals surface area contributed by atoms with E-state index < -0.39 is 0 Å². The molecule has 0 atom stereocenters. The van der Waals surface area contributed by atoms with Crippen molar-refractivity contribution in [2.45, 2.75) is 5.75 Å². The first-order chi connectivity index (χ1) is 11.3. The number of nitrogens with zero attached hydrogens (tertiary/aromatic N) is 1. The van der Waals surface area contributed by atoms with Gasteiger partial charge in [-0.15, -0.1) is 24.0 Å².